The Morgan fingerprint density at radius 1 is 1.50 bits per heavy atom. The number of hydrogen-bond acceptors (Lipinski definition) is 2. The average molecular weight is 193 g/mol. The standard InChI is InChI=1S/C12H19NO/c1-5-9(2)10-6-7-13-11(8-10)12(3,4)14/h6-9,14H,5H2,1-4H3. The smallest absolute Gasteiger partial charge is 0.101 e. The summed E-state index contributed by atoms with van der Waals surface area (Å²) in [6.45, 7) is 7.86. The van der Waals surface area contributed by atoms with Crippen molar-refractivity contribution >= 4 is 0 Å². The van der Waals surface area contributed by atoms with E-state index in [0.717, 1.165) is 12.1 Å². The van der Waals surface area contributed by atoms with E-state index < -0.39 is 5.60 Å². The molecule has 0 saturated carbocycles. The van der Waals surface area contributed by atoms with Crippen LogP contribution in [0.25, 0.3) is 0 Å². The van der Waals surface area contributed by atoms with Crippen LogP contribution < -0.4 is 0 Å². The molecule has 2 heteroatoms. The minimum absolute atomic E-state index is 0.527. The van der Waals surface area contributed by atoms with Gasteiger partial charge in [-0.25, -0.2) is 0 Å². The van der Waals surface area contributed by atoms with E-state index in [2.05, 4.69) is 18.8 Å². The minimum atomic E-state index is -0.844. The van der Waals surface area contributed by atoms with Crippen molar-refractivity contribution in [3.05, 3.63) is 29.6 Å². The lowest BCUT2D eigenvalue weighted by Crippen LogP contribution is -2.17. The minimum Gasteiger partial charge on any atom is -0.384 e. The molecule has 2 nitrogen and oxygen atoms in total. The molecule has 0 aliphatic carbocycles. The molecule has 0 aliphatic rings. The van der Waals surface area contributed by atoms with Crippen molar-refractivity contribution in [1.29, 1.82) is 0 Å². The molecule has 1 aromatic heterocycles. The van der Waals surface area contributed by atoms with Crippen LogP contribution in [0.4, 0.5) is 0 Å². The van der Waals surface area contributed by atoms with Crippen molar-refractivity contribution < 1.29 is 5.11 Å². The van der Waals surface area contributed by atoms with Gasteiger partial charge < -0.3 is 5.11 Å². The van der Waals surface area contributed by atoms with Gasteiger partial charge in [0.2, 0.25) is 0 Å². The van der Waals surface area contributed by atoms with Crippen LogP contribution in [0.15, 0.2) is 18.3 Å². The van der Waals surface area contributed by atoms with Gasteiger partial charge in [-0.3, -0.25) is 4.98 Å². The van der Waals surface area contributed by atoms with E-state index in [9.17, 15) is 5.11 Å². The lowest BCUT2D eigenvalue weighted by molar-refractivity contribution is 0.0737. The van der Waals surface area contributed by atoms with Crippen molar-refractivity contribution in [2.24, 2.45) is 0 Å². The molecule has 14 heavy (non-hydrogen) atoms. The number of aliphatic hydroxyl groups is 1. The second-order valence-electron chi connectivity index (χ2n) is 4.34. The summed E-state index contributed by atoms with van der Waals surface area (Å²) in [6.07, 6.45) is 2.88. The van der Waals surface area contributed by atoms with Crippen LogP contribution in [-0.4, -0.2) is 10.1 Å². The predicted octanol–water partition coefficient (Wildman–Crippen LogP) is 2.82. The zero-order valence-electron chi connectivity index (χ0n) is 9.41. The predicted molar refractivity (Wildman–Crippen MR) is 58.2 cm³/mol. The summed E-state index contributed by atoms with van der Waals surface area (Å²) in [5.74, 6) is 0.527. The van der Waals surface area contributed by atoms with Gasteiger partial charge in [0.05, 0.1) is 5.69 Å². The van der Waals surface area contributed by atoms with Gasteiger partial charge in [-0.05, 0) is 43.9 Å². The molecule has 1 rings (SSSR count). The summed E-state index contributed by atoms with van der Waals surface area (Å²) in [7, 11) is 0. The molecule has 0 saturated heterocycles. The molecule has 0 aromatic carbocycles. The molecule has 0 aliphatic heterocycles. The third-order valence-corrected chi connectivity index (χ3v) is 2.59. The van der Waals surface area contributed by atoms with Crippen LogP contribution in [0.2, 0.25) is 0 Å². The lowest BCUT2D eigenvalue weighted by Gasteiger charge is -2.18. The van der Waals surface area contributed by atoms with Crippen LogP contribution in [-0.2, 0) is 5.60 Å². The van der Waals surface area contributed by atoms with E-state index in [4.69, 9.17) is 0 Å². The van der Waals surface area contributed by atoms with Gasteiger partial charge in [0.25, 0.3) is 0 Å². The van der Waals surface area contributed by atoms with E-state index in [-0.39, 0.29) is 0 Å². The highest BCUT2D eigenvalue weighted by molar-refractivity contribution is 5.22. The molecule has 78 valence electrons. The summed E-state index contributed by atoms with van der Waals surface area (Å²) in [5.41, 5.74) is 1.15. The van der Waals surface area contributed by atoms with Gasteiger partial charge in [-0.2, -0.15) is 0 Å². The molecule has 1 atom stereocenters. The number of pyridine rings is 1. The second-order valence-corrected chi connectivity index (χ2v) is 4.34. The van der Waals surface area contributed by atoms with E-state index >= 15 is 0 Å². The first kappa shape index (κ1) is 11.2. The maximum absolute atomic E-state index is 9.81. The van der Waals surface area contributed by atoms with Gasteiger partial charge in [-0.1, -0.05) is 13.8 Å². The Labute approximate surface area is 86.0 Å². The summed E-state index contributed by atoms with van der Waals surface area (Å²) in [5, 5.41) is 9.81. The molecule has 0 bridgehead atoms. The van der Waals surface area contributed by atoms with E-state index in [1.54, 1.807) is 20.0 Å². The molecule has 1 N–H and O–H groups in total. The van der Waals surface area contributed by atoms with Crippen LogP contribution in [0, 0.1) is 0 Å². The summed E-state index contributed by atoms with van der Waals surface area (Å²) < 4.78 is 0. The molecule has 1 heterocycles. The Bertz CT molecular complexity index is 301. The zero-order chi connectivity index (χ0) is 10.8. The number of aromatic nitrogens is 1. The lowest BCUT2D eigenvalue weighted by atomic mass is 9.95. The topological polar surface area (TPSA) is 33.1 Å². The molecule has 0 radical (unpaired) electrons. The Morgan fingerprint density at radius 2 is 2.14 bits per heavy atom. The SMILES string of the molecule is CCC(C)c1ccnc(C(C)(C)O)c1. The maximum atomic E-state index is 9.81. The first-order valence-corrected chi connectivity index (χ1v) is 5.14. The third-order valence-electron chi connectivity index (χ3n) is 2.59. The van der Waals surface area contributed by atoms with E-state index in [1.807, 2.05) is 12.1 Å². The van der Waals surface area contributed by atoms with Crippen LogP contribution in [0.1, 0.15) is 51.3 Å². The monoisotopic (exact) mass is 193 g/mol. The fourth-order valence-corrected chi connectivity index (χ4v) is 1.32. The van der Waals surface area contributed by atoms with Crippen LogP contribution in [0.3, 0.4) is 0 Å². The first-order chi connectivity index (χ1) is 6.45. The van der Waals surface area contributed by atoms with Gasteiger partial charge in [0, 0.05) is 6.20 Å². The molecule has 1 unspecified atom stereocenters. The van der Waals surface area contributed by atoms with Gasteiger partial charge in [0.15, 0.2) is 0 Å². The number of nitrogens with zero attached hydrogens (tertiary/aromatic N) is 1. The largest absolute Gasteiger partial charge is 0.384 e. The third kappa shape index (κ3) is 2.55. The van der Waals surface area contributed by atoms with Crippen LogP contribution in [0.5, 0.6) is 0 Å². The highest BCUT2D eigenvalue weighted by atomic mass is 16.3. The van der Waals surface area contributed by atoms with E-state index in [0.29, 0.717) is 5.92 Å². The average Bonchev–Trinajstić information content (AvgIpc) is 2.15. The fourth-order valence-electron chi connectivity index (χ4n) is 1.32. The highest BCUT2D eigenvalue weighted by Gasteiger charge is 2.18. The summed E-state index contributed by atoms with van der Waals surface area (Å²) in [6, 6.07) is 4.01. The molecular weight excluding hydrogens is 174 g/mol. The van der Waals surface area contributed by atoms with Gasteiger partial charge >= 0.3 is 0 Å². The van der Waals surface area contributed by atoms with Crippen molar-refractivity contribution in [3.63, 3.8) is 0 Å². The number of rotatable bonds is 3. The van der Waals surface area contributed by atoms with Crippen molar-refractivity contribution in [2.45, 2.75) is 45.6 Å². The van der Waals surface area contributed by atoms with Crippen LogP contribution >= 0.6 is 0 Å². The van der Waals surface area contributed by atoms with E-state index in [1.165, 1.54) is 5.56 Å². The van der Waals surface area contributed by atoms with Crippen molar-refractivity contribution in [1.82, 2.24) is 4.98 Å². The Kier molecular flexibility index (Phi) is 3.27. The Morgan fingerprint density at radius 3 is 2.64 bits per heavy atom. The Balaban J connectivity index is 3.01. The van der Waals surface area contributed by atoms with Gasteiger partial charge in [-0.15, -0.1) is 0 Å². The summed E-state index contributed by atoms with van der Waals surface area (Å²) >= 11 is 0. The summed E-state index contributed by atoms with van der Waals surface area (Å²) in [4.78, 5) is 4.18. The second kappa shape index (κ2) is 4.09. The van der Waals surface area contributed by atoms with Gasteiger partial charge in [0.1, 0.15) is 5.60 Å². The molecular formula is C12H19NO. The normalized spacial score (nSPS) is 14.1. The Hall–Kier alpha value is -0.890. The number of hydrogen-bond donors (Lipinski definition) is 1. The highest BCUT2D eigenvalue weighted by Crippen LogP contribution is 2.23. The quantitative estimate of drug-likeness (QED) is 0.800. The molecule has 1 aromatic rings. The fraction of sp³-hybridized carbons (Fsp3) is 0.583. The zero-order valence-corrected chi connectivity index (χ0v) is 9.41. The molecule has 0 amide bonds. The molecule has 0 fully saturated rings. The maximum Gasteiger partial charge on any atom is 0.101 e. The first-order valence-electron chi connectivity index (χ1n) is 5.14. The van der Waals surface area contributed by atoms with Crippen molar-refractivity contribution in [3.8, 4) is 0 Å². The molecule has 0 spiro atoms. The van der Waals surface area contributed by atoms with Crippen molar-refractivity contribution in [2.75, 3.05) is 0 Å².